The van der Waals surface area contributed by atoms with Gasteiger partial charge in [-0.2, -0.15) is 0 Å². The highest BCUT2D eigenvalue weighted by molar-refractivity contribution is 5.35. The van der Waals surface area contributed by atoms with E-state index in [-0.39, 0.29) is 5.54 Å². The molecule has 0 saturated heterocycles. The van der Waals surface area contributed by atoms with Gasteiger partial charge in [0.15, 0.2) is 0 Å². The van der Waals surface area contributed by atoms with Crippen molar-refractivity contribution in [3.63, 3.8) is 0 Å². The molecule has 1 nitrogen and oxygen atoms in total. The Morgan fingerprint density at radius 1 is 1.33 bits per heavy atom. The minimum Gasteiger partial charge on any atom is -0.321 e. The van der Waals surface area contributed by atoms with Gasteiger partial charge < -0.3 is 5.73 Å². The van der Waals surface area contributed by atoms with Gasteiger partial charge in [-0.25, -0.2) is 0 Å². The number of hydrogen-bond donors (Lipinski definition) is 1. The molecule has 0 aromatic heterocycles. The SMILES string of the molecule is CC(C)CC1(N)CCCc2ccccc21. The summed E-state index contributed by atoms with van der Waals surface area (Å²) in [7, 11) is 0. The van der Waals surface area contributed by atoms with Gasteiger partial charge in [-0.1, -0.05) is 38.1 Å². The van der Waals surface area contributed by atoms with Gasteiger partial charge in [-0.15, -0.1) is 0 Å². The lowest BCUT2D eigenvalue weighted by molar-refractivity contribution is 0.303. The Labute approximate surface area is 92.7 Å². The molecule has 1 atom stereocenters. The largest absolute Gasteiger partial charge is 0.321 e. The first-order chi connectivity index (χ1) is 7.12. The van der Waals surface area contributed by atoms with Crippen LogP contribution in [-0.2, 0) is 12.0 Å². The van der Waals surface area contributed by atoms with Crippen LogP contribution in [0.25, 0.3) is 0 Å². The molecular weight excluding hydrogens is 182 g/mol. The highest BCUT2D eigenvalue weighted by Crippen LogP contribution is 2.37. The van der Waals surface area contributed by atoms with Crippen LogP contribution < -0.4 is 5.73 Å². The summed E-state index contributed by atoms with van der Waals surface area (Å²) in [6, 6.07) is 8.69. The molecule has 2 N–H and O–H groups in total. The van der Waals surface area contributed by atoms with E-state index in [4.69, 9.17) is 5.73 Å². The lowest BCUT2D eigenvalue weighted by Crippen LogP contribution is -2.41. The zero-order valence-electron chi connectivity index (χ0n) is 9.79. The Morgan fingerprint density at radius 2 is 2.07 bits per heavy atom. The molecule has 0 amide bonds. The van der Waals surface area contributed by atoms with Crippen LogP contribution in [0.1, 0.15) is 44.2 Å². The molecule has 0 bridgehead atoms. The van der Waals surface area contributed by atoms with Crippen LogP contribution in [0.2, 0.25) is 0 Å². The smallest absolute Gasteiger partial charge is 0.0414 e. The van der Waals surface area contributed by atoms with Gasteiger partial charge in [-0.3, -0.25) is 0 Å². The molecule has 0 radical (unpaired) electrons. The van der Waals surface area contributed by atoms with Crippen LogP contribution in [0.15, 0.2) is 24.3 Å². The molecule has 0 saturated carbocycles. The van der Waals surface area contributed by atoms with Gasteiger partial charge in [0.2, 0.25) is 0 Å². The van der Waals surface area contributed by atoms with Gasteiger partial charge in [0.25, 0.3) is 0 Å². The van der Waals surface area contributed by atoms with E-state index in [1.165, 1.54) is 24.0 Å². The van der Waals surface area contributed by atoms with Crippen molar-refractivity contribution < 1.29 is 0 Å². The Hall–Kier alpha value is -0.820. The molecule has 0 aliphatic heterocycles. The van der Waals surface area contributed by atoms with Gasteiger partial charge in [-0.05, 0) is 42.7 Å². The Kier molecular flexibility index (Phi) is 2.83. The monoisotopic (exact) mass is 203 g/mol. The van der Waals surface area contributed by atoms with E-state index in [2.05, 4.69) is 38.1 Å². The number of aryl methyl sites for hydroxylation is 1. The highest BCUT2D eigenvalue weighted by atomic mass is 14.7. The summed E-state index contributed by atoms with van der Waals surface area (Å²) >= 11 is 0. The molecule has 1 aliphatic carbocycles. The average Bonchev–Trinajstić information content (AvgIpc) is 2.17. The van der Waals surface area contributed by atoms with Crippen LogP contribution in [-0.4, -0.2) is 0 Å². The molecule has 1 unspecified atom stereocenters. The van der Waals surface area contributed by atoms with Crippen molar-refractivity contribution in [2.75, 3.05) is 0 Å². The molecule has 1 aliphatic rings. The standard InChI is InChI=1S/C14H21N/c1-11(2)10-14(15)9-5-7-12-6-3-4-8-13(12)14/h3-4,6,8,11H,5,7,9-10,15H2,1-2H3. The molecule has 1 aromatic carbocycles. The second-order valence-electron chi connectivity index (χ2n) is 5.26. The van der Waals surface area contributed by atoms with Crippen molar-refractivity contribution in [2.45, 2.75) is 45.1 Å². The fourth-order valence-electron chi connectivity index (χ4n) is 2.89. The van der Waals surface area contributed by atoms with Crippen LogP contribution in [0.5, 0.6) is 0 Å². The molecule has 0 fully saturated rings. The predicted molar refractivity (Wildman–Crippen MR) is 64.7 cm³/mol. The second kappa shape index (κ2) is 3.97. The van der Waals surface area contributed by atoms with Crippen molar-refractivity contribution in [2.24, 2.45) is 11.7 Å². The fourth-order valence-corrected chi connectivity index (χ4v) is 2.89. The summed E-state index contributed by atoms with van der Waals surface area (Å²) < 4.78 is 0. The Balaban J connectivity index is 2.36. The number of hydrogen-bond acceptors (Lipinski definition) is 1. The summed E-state index contributed by atoms with van der Waals surface area (Å²) in [6.45, 7) is 4.51. The number of benzene rings is 1. The topological polar surface area (TPSA) is 26.0 Å². The highest BCUT2D eigenvalue weighted by Gasteiger charge is 2.32. The fraction of sp³-hybridized carbons (Fsp3) is 0.571. The third kappa shape index (κ3) is 2.07. The van der Waals surface area contributed by atoms with E-state index in [1.807, 2.05) is 0 Å². The molecule has 0 spiro atoms. The van der Waals surface area contributed by atoms with Gasteiger partial charge in [0, 0.05) is 5.54 Å². The maximum absolute atomic E-state index is 6.57. The third-order valence-electron chi connectivity index (χ3n) is 3.40. The zero-order valence-corrected chi connectivity index (χ0v) is 9.79. The van der Waals surface area contributed by atoms with E-state index in [0.717, 1.165) is 12.8 Å². The molecule has 1 aromatic rings. The summed E-state index contributed by atoms with van der Waals surface area (Å²) in [6.07, 6.45) is 4.68. The summed E-state index contributed by atoms with van der Waals surface area (Å²) in [5.74, 6) is 0.668. The minimum atomic E-state index is -0.0665. The van der Waals surface area contributed by atoms with Crippen molar-refractivity contribution >= 4 is 0 Å². The normalized spacial score (nSPS) is 25.3. The van der Waals surface area contributed by atoms with Crippen LogP contribution >= 0.6 is 0 Å². The molecule has 82 valence electrons. The Morgan fingerprint density at radius 3 is 2.80 bits per heavy atom. The summed E-state index contributed by atoms with van der Waals surface area (Å²) in [5.41, 5.74) is 9.36. The van der Waals surface area contributed by atoms with Crippen molar-refractivity contribution in [3.8, 4) is 0 Å². The van der Waals surface area contributed by atoms with E-state index >= 15 is 0 Å². The van der Waals surface area contributed by atoms with Crippen LogP contribution in [0.4, 0.5) is 0 Å². The predicted octanol–water partition coefficient (Wildman–Crippen LogP) is 3.22. The Bertz CT molecular complexity index is 343. The summed E-state index contributed by atoms with van der Waals surface area (Å²) in [4.78, 5) is 0. The molecule has 0 heterocycles. The van der Waals surface area contributed by atoms with Crippen molar-refractivity contribution in [1.82, 2.24) is 0 Å². The second-order valence-corrected chi connectivity index (χ2v) is 5.26. The number of nitrogens with two attached hydrogens (primary N) is 1. The molecule has 2 rings (SSSR count). The van der Waals surface area contributed by atoms with Gasteiger partial charge in [0.05, 0.1) is 0 Å². The van der Waals surface area contributed by atoms with Gasteiger partial charge >= 0.3 is 0 Å². The van der Waals surface area contributed by atoms with E-state index in [1.54, 1.807) is 0 Å². The first-order valence-electron chi connectivity index (χ1n) is 5.99. The van der Waals surface area contributed by atoms with E-state index in [9.17, 15) is 0 Å². The first-order valence-corrected chi connectivity index (χ1v) is 5.99. The number of rotatable bonds is 2. The van der Waals surface area contributed by atoms with Gasteiger partial charge in [0.1, 0.15) is 0 Å². The lowest BCUT2D eigenvalue weighted by Gasteiger charge is -2.37. The maximum Gasteiger partial charge on any atom is 0.0414 e. The van der Waals surface area contributed by atoms with E-state index < -0.39 is 0 Å². The quantitative estimate of drug-likeness (QED) is 0.784. The number of fused-ring (bicyclic) bond motifs is 1. The lowest BCUT2D eigenvalue weighted by atomic mass is 9.73. The maximum atomic E-state index is 6.57. The minimum absolute atomic E-state index is 0.0665. The molecule has 1 heteroatoms. The van der Waals surface area contributed by atoms with Crippen LogP contribution in [0.3, 0.4) is 0 Å². The molecular formula is C14H21N. The van der Waals surface area contributed by atoms with Crippen LogP contribution in [0, 0.1) is 5.92 Å². The first kappa shape index (κ1) is 10.7. The van der Waals surface area contributed by atoms with E-state index in [0.29, 0.717) is 5.92 Å². The third-order valence-corrected chi connectivity index (χ3v) is 3.40. The van der Waals surface area contributed by atoms with Crippen molar-refractivity contribution in [1.29, 1.82) is 0 Å². The summed E-state index contributed by atoms with van der Waals surface area (Å²) in [5, 5.41) is 0. The van der Waals surface area contributed by atoms with Crippen molar-refractivity contribution in [3.05, 3.63) is 35.4 Å². The zero-order chi connectivity index (χ0) is 10.9. The molecule has 15 heavy (non-hydrogen) atoms. The average molecular weight is 203 g/mol.